The predicted octanol–water partition coefficient (Wildman–Crippen LogP) is 2.60. The number of aromatic hydroxyl groups is 1. The van der Waals surface area contributed by atoms with E-state index in [4.69, 9.17) is 0 Å². The van der Waals surface area contributed by atoms with Gasteiger partial charge in [0.05, 0.1) is 5.56 Å². The third-order valence-electron chi connectivity index (χ3n) is 5.04. The van der Waals surface area contributed by atoms with E-state index in [1.165, 1.54) is 32.5 Å². The van der Waals surface area contributed by atoms with Gasteiger partial charge >= 0.3 is 0 Å². The molecule has 4 heteroatoms. The van der Waals surface area contributed by atoms with Gasteiger partial charge in [-0.25, -0.2) is 0 Å². The summed E-state index contributed by atoms with van der Waals surface area (Å²) in [5.74, 6) is 1.65. The van der Waals surface area contributed by atoms with Crippen molar-refractivity contribution in [3.63, 3.8) is 0 Å². The smallest absolute Gasteiger partial charge is 0.238 e. The van der Waals surface area contributed by atoms with E-state index in [9.17, 15) is 5.11 Å². The molecule has 1 atom stereocenters. The van der Waals surface area contributed by atoms with Crippen molar-refractivity contribution in [3.05, 3.63) is 36.5 Å². The highest BCUT2D eigenvalue weighted by Gasteiger charge is 2.34. The fourth-order valence-electron chi connectivity index (χ4n) is 3.86. The van der Waals surface area contributed by atoms with E-state index in [1.54, 1.807) is 0 Å². The van der Waals surface area contributed by atoms with Gasteiger partial charge in [-0.3, -0.25) is 4.68 Å². The normalized spacial score (nSPS) is 27.9. The van der Waals surface area contributed by atoms with E-state index >= 15 is 0 Å². The fourth-order valence-corrected chi connectivity index (χ4v) is 3.86. The number of rotatable bonds is 3. The highest BCUT2D eigenvalue weighted by Crippen LogP contribution is 2.34. The summed E-state index contributed by atoms with van der Waals surface area (Å²) in [5, 5.41) is 14.4. The van der Waals surface area contributed by atoms with E-state index in [-0.39, 0.29) is 5.88 Å². The average Bonchev–Trinajstić information content (AvgIpc) is 2.90. The van der Waals surface area contributed by atoms with Gasteiger partial charge in [-0.2, -0.15) is 0 Å². The van der Waals surface area contributed by atoms with Crippen LogP contribution in [0.2, 0.25) is 0 Å². The predicted molar refractivity (Wildman–Crippen MR) is 82.0 cm³/mol. The van der Waals surface area contributed by atoms with E-state index in [2.05, 4.69) is 10.00 Å². The molecule has 0 saturated carbocycles. The first-order valence-corrected chi connectivity index (χ1v) is 7.84. The van der Waals surface area contributed by atoms with E-state index in [0.717, 1.165) is 23.6 Å². The van der Waals surface area contributed by atoms with Gasteiger partial charge in [-0.05, 0) is 43.3 Å². The molecule has 3 saturated heterocycles. The lowest BCUT2D eigenvalue weighted by Crippen LogP contribution is -2.48. The van der Waals surface area contributed by atoms with Crippen molar-refractivity contribution in [2.24, 2.45) is 11.8 Å². The highest BCUT2D eigenvalue weighted by molar-refractivity contribution is 5.67. The Morgan fingerprint density at radius 2 is 1.90 bits per heavy atom. The van der Waals surface area contributed by atoms with Crippen LogP contribution in [0.4, 0.5) is 0 Å². The quantitative estimate of drug-likeness (QED) is 0.941. The van der Waals surface area contributed by atoms with Crippen LogP contribution in [0.25, 0.3) is 11.1 Å². The summed E-state index contributed by atoms with van der Waals surface area (Å²) in [4.78, 5) is 2.56. The molecule has 1 aromatic heterocycles. The second-order valence-corrected chi connectivity index (χ2v) is 6.35. The first-order chi connectivity index (χ1) is 10.3. The Morgan fingerprint density at radius 1 is 1.14 bits per heavy atom. The van der Waals surface area contributed by atoms with Crippen molar-refractivity contribution >= 4 is 0 Å². The third-order valence-corrected chi connectivity index (χ3v) is 5.04. The van der Waals surface area contributed by atoms with Crippen LogP contribution >= 0.6 is 0 Å². The van der Waals surface area contributed by atoms with Gasteiger partial charge in [-0.1, -0.05) is 30.3 Å². The molecule has 4 nitrogen and oxygen atoms in total. The molecule has 0 amide bonds. The Labute approximate surface area is 125 Å². The van der Waals surface area contributed by atoms with Crippen molar-refractivity contribution in [3.8, 4) is 17.0 Å². The maximum atomic E-state index is 10.1. The minimum absolute atomic E-state index is 0.141. The molecule has 1 N–H and O–H groups in total. The summed E-state index contributed by atoms with van der Waals surface area (Å²) in [7, 11) is 0. The minimum atomic E-state index is 0.141. The largest absolute Gasteiger partial charge is 0.492 e. The maximum Gasteiger partial charge on any atom is 0.238 e. The zero-order valence-corrected chi connectivity index (χ0v) is 12.2. The van der Waals surface area contributed by atoms with Gasteiger partial charge in [0.25, 0.3) is 0 Å². The van der Waals surface area contributed by atoms with Crippen LogP contribution in [0, 0.1) is 11.8 Å². The summed E-state index contributed by atoms with van der Waals surface area (Å²) in [5.41, 5.74) is 1.85. The molecule has 2 aromatic rings. The minimum Gasteiger partial charge on any atom is -0.492 e. The maximum absolute atomic E-state index is 10.1. The summed E-state index contributed by atoms with van der Waals surface area (Å²) in [6.45, 7) is 4.63. The molecule has 3 aliphatic heterocycles. The molecule has 5 rings (SSSR count). The molecular formula is C17H21N3O. The van der Waals surface area contributed by atoms with Crippen molar-refractivity contribution < 1.29 is 5.11 Å². The number of aromatic nitrogens is 2. The number of hydrogen-bond donors (Lipinski definition) is 1. The summed E-state index contributed by atoms with van der Waals surface area (Å²) in [6, 6.07) is 9.97. The van der Waals surface area contributed by atoms with Crippen molar-refractivity contribution in [1.82, 2.24) is 14.7 Å². The van der Waals surface area contributed by atoms with Crippen LogP contribution in [-0.4, -0.2) is 39.4 Å². The van der Waals surface area contributed by atoms with Gasteiger partial charge in [-0.15, -0.1) is 5.10 Å². The molecule has 0 aliphatic carbocycles. The first-order valence-electron chi connectivity index (χ1n) is 7.84. The van der Waals surface area contributed by atoms with Crippen LogP contribution in [-0.2, 0) is 6.54 Å². The molecule has 1 unspecified atom stereocenters. The van der Waals surface area contributed by atoms with Gasteiger partial charge in [0.15, 0.2) is 0 Å². The van der Waals surface area contributed by atoms with Crippen LogP contribution in [0.1, 0.15) is 12.8 Å². The summed E-state index contributed by atoms with van der Waals surface area (Å²) in [6.07, 6.45) is 4.63. The zero-order chi connectivity index (χ0) is 14.2. The molecule has 0 spiro atoms. The van der Waals surface area contributed by atoms with Crippen molar-refractivity contribution in [2.45, 2.75) is 19.4 Å². The standard InChI is InChI=1S/C17H21N3O/c21-17-16(14-4-2-1-3-5-14)12-20(18-17)11-15-10-19-8-6-13(15)7-9-19/h1-5,12-13,15H,6-11H2,(H,18,21). The molecular weight excluding hydrogens is 262 g/mol. The van der Waals surface area contributed by atoms with E-state index < -0.39 is 0 Å². The fraction of sp³-hybridized carbons (Fsp3) is 0.471. The lowest BCUT2D eigenvalue weighted by atomic mass is 9.79. The van der Waals surface area contributed by atoms with Crippen molar-refractivity contribution in [2.75, 3.05) is 19.6 Å². The number of hydrogen-bond acceptors (Lipinski definition) is 3. The monoisotopic (exact) mass is 283 g/mol. The number of benzene rings is 1. The second kappa shape index (κ2) is 5.19. The van der Waals surface area contributed by atoms with Crippen LogP contribution in [0.3, 0.4) is 0 Å². The van der Waals surface area contributed by atoms with E-state index in [1.807, 2.05) is 41.2 Å². The molecule has 110 valence electrons. The average molecular weight is 283 g/mol. The van der Waals surface area contributed by atoms with Crippen LogP contribution in [0.5, 0.6) is 5.88 Å². The molecule has 21 heavy (non-hydrogen) atoms. The Bertz CT molecular complexity index is 614. The Hall–Kier alpha value is -1.81. The number of fused-ring (bicyclic) bond motifs is 3. The van der Waals surface area contributed by atoms with Gasteiger partial charge < -0.3 is 10.0 Å². The van der Waals surface area contributed by atoms with Gasteiger partial charge in [0.1, 0.15) is 0 Å². The molecule has 2 bridgehead atoms. The third kappa shape index (κ3) is 2.44. The van der Waals surface area contributed by atoms with Crippen LogP contribution < -0.4 is 0 Å². The van der Waals surface area contributed by atoms with Gasteiger partial charge in [0, 0.05) is 19.3 Å². The zero-order valence-electron chi connectivity index (χ0n) is 12.2. The Kier molecular flexibility index (Phi) is 3.19. The van der Waals surface area contributed by atoms with Crippen LogP contribution in [0.15, 0.2) is 36.5 Å². The molecule has 0 radical (unpaired) electrons. The topological polar surface area (TPSA) is 41.3 Å². The van der Waals surface area contributed by atoms with E-state index in [0.29, 0.717) is 5.92 Å². The first kappa shape index (κ1) is 12.9. The summed E-state index contributed by atoms with van der Waals surface area (Å²) < 4.78 is 1.93. The number of nitrogens with zero attached hydrogens (tertiary/aromatic N) is 3. The molecule has 4 heterocycles. The van der Waals surface area contributed by atoms with Gasteiger partial charge in [0.2, 0.25) is 5.88 Å². The van der Waals surface area contributed by atoms with Crippen molar-refractivity contribution in [1.29, 1.82) is 0 Å². The Balaban J connectivity index is 1.54. The highest BCUT2D eigenvalue weighted by atomic mass is 16.3. The lowest BCUT2D eigenvalue weighted by molar-refractivity contribution is 0.0404. The summed E-state index contributed by atoms with van der Waals surface area (Å²) >= 11 is 0. The Morgan fingerprint density at radius 3 is 2.57 bits per heavy atom. The number of piperidine rings is 3. The molecule has 3 fully saturated rings. The lowest BCUT2D eigenvalue weighted by Gasteiger charge is -2.44. The SMILES string of the molecule is Oc1nn(CC2CN3CCC2CC3)cc1-c1ccccc1. The molecule has 1 aromatic carbocycles. The second-order valence-electron chi connectivity index (χ2n) is 6.35. The molecule has 3 aliphatic rings.